The molecule has 0 aliphatic rings. The lowest BCUT2D eigenvalue weighted by Crippen LogP contribution is -2.29. The number of hydrogen-bond acceptors (Lipinski definition) is 2. The summed E-state index contributed by atoms with van der Waals surface area (Å²) in [6.45, 7) is 4.55. The summed E-state index contributed by atoms with van der Waals surface area (Å²) in [6.07, 6.45) is 0.844. The number of ether oxygens (including phenoxy) is 1. The molecule has 1 N–H and O–H groups in total. The highest BCUT2D eigenvalue weighted by Crippen LogP contribution is 1.97. The number of carbonyl (C=O) groups is 1. The van der Waals surface area contributed by atoms with Gasteiger partial charge in [0.05, 0.1) is 0 Å². The fraction of sp³-hybridized carbons (Fsp3) is 0.333. The van der Waals surface area contributed by atoms with Crippen LogP contribution in [0.15, 0.2) is 30.3 Å². The van der Waals surface area contributed by atoms with Gasteiger partial charge in [0.2, 0.25) is 5.91 Å². The van der Waals surface area contributed by atoms with Gasteiger partial charge < -0.3 is 10.1 Å². The Morgan fingerprint density at radius 3 is 2.73 bits per heavy atom. The van der Waals surface area contributed by atoms with Crippen LogP contribution in [0.3, 0.4) is 0 Å². The minimum absolute atomic E-state index is 0.0884. The molecular formula is C12H16NO2. The first kappa shape index (κ1) is 11.7. The molecule has 0 spiro atoms. The summed E-state index contributed by atoms with van der Waals surface area (Å²) in [4.78, 5) is 11.1. The van der Waals surface area contributed by atoms with Crippen LogP contribution in [0.2, 0.25) is 0 Å². The van der Waals surface area contributed by atoms with Crippen molar-refractivity contribution in [1.29, 1.82) is 0 Å². The molecular weight excluding hydrogens is 190 g/mol. The standard InChI is InChI=1S/C12H16NO2/c1-2-15-10-12(14)13-9-8-11-6-4-3-5-7-11/h3-7H,1-2,8-10H2,(H,13,14). The summed E-state index contributed by atoms with van der Waals surface area (Å²) in [5.74, 6) is -0.0884. The normalized spacial score (nSPS) is 9.93. The topological polar surface area (TPSA) is 38.3 Å². The Morgan fingerprint density at radius 1 is 1.33 bits per heavy atom. The molecule has 81 valence electrons. The van der Waals surface area contributed by atoms with E-state index in [1.807, 2.05) is 30.3 Å². The van der Waals surface area contributed by atoms with Gasteiger partial charge in [-0.1, -0.05) is 30.3 Å². The summed E-state index contributed by atoms with van der Waals surface area (Å²) in [6, 6.07) is 10.0. The van der Waals surface area contributed by atoms with Gasteiger partial charge >= 0.3 is 0 Å². The van der Waals surface area contributed by atoms with E-state index >= 15 is 0 Å². The molecule has 0 aliphatic carbocycles. The van der Waals surface area contributed by atoms with Crippen LogP contribution in [0.25, 0.3) is 0 Å². The molecule has 15 heavy (non-hydrogen) atoms. The van der Waals surface area contributed by atoms with Gasteiger partial charge in [-0.15, -0.1) is 0 Å². The van der Waals surface area contributed by atoms with Crippen molar-refractivity contribution in [3.05, 3.63) is 42.8 Å². The average molecular weight is 206 g/mol. The number of nitrogens with one attached hydrogen (secondary N) is 1. The van der Waals surface area contributed by atoms with Crippen molar-refractivity contribution < 1.29 is 9.53 Å². The monoisotopic (exact) mass is 206 g/mol. The molecule has 0 heterocycles. The second kappa shape index (κ2) is 7.01. The molecule has 0 saturated heterocycles. The molecule has 3 nitrogen and oxygen atoms in total. The SMILES string of the molecule is [CH2]COCC(=O)NCCc1ccccc1. The smallest absolute Gasteiger partial charge is 0.246 e. The fourth-order valence-corrected chi connectivity index (χ4v) is 1.21. The first-order chi connectivity index (χ1) is 7.33. The maximum atomic E-state index is 11.1. The van der Waals surface area contributed by atoms with Crippen molar-refractivity contribution in [3.63, 3.8) is 0 Å². The largest absolute Gasteiger partial charge is 0.372 e. The van der Waals surface area contributed by atoms with E-state index in [0.29, 0.717) is 13.2 Å². The lowest BCUT2D eigenvalue weighted by atomic mass is 10.1. The van der Waals surface area contributed by atoms with Crippen LogP contribution < -0.4 is 5.32 Å². The zero-order valence-corrected chi connectivity index (χ0v) is 8.74. The van der Waals surface area contributed by atoms with E-state index in [4.69, 9.17) is 4.74 Å². The van der Waals surface area contributed by atoms with Crippen molar-refractivity contribution in [3.8, 4) is 0 Å². The quantitative estimate of drug-likeness (QED) is 0.759. The van der Waals surface area contributed by atoms with Crippen LogP contribution in [-0.4, -0.2) is 25.7 Å². The third-order valence-electron chi connectivity index (χ3n) is 1.96. The molecule has 1 amide bonds. The van der Waals surface area contributed by atoms with Crippen molar-refractivity contribution in [2.24, 2.45) is 0 Å². The molecule has 1 rings (SSSR count). The minimum Gasteiger partial charge on any atom is -0.372 e. The number of benzene rings is 1. The van der Waals surface area contributed by atoms with Crippen LogP contribution in [0.4, 0.5) is 0 Å². The molecule has 0 saturated carbocycles. The predicted molar refractivity (Wildman–Crippen MR) is 59.3 cm³/mol. The van der Waals surface area contributed by atoms with E-state index in [1.165, 1.54) is 5.56 Å². The summed E-state index contributed by atoms with van der Waals surface area (Å²) in [7, 11) is 0. The maximum Gasteiger partial charge on any atom is 0.246 e. The van der Waals surface area contributed by atoms with E-state index in [0.717, 1.165) is 6.42 Å². The van der Waals surface area contributed by atoms with Gasteiger partial charge in [0.25, 0.3) is 0 Å². The first-order valence-corrected chi connectivity index (χ1v) is 5.00. The van der Waals surface area contributed by atoms with E-state index < -0.39 is 0 Å². The molecule has 0 aliphatic heterocycles. The molecule has 0 unspecified atom stereocenters. The van der Waals surface area contributed by atoms with Gasteiger partial charge in [-0.05, 0) is 18.9 Å². The minimum atomic E-state index is -0.0884. The molecule has 1 aromatic carbocycles. The van der Waals surface area contributed by atoms with E-state index in [1.54, 1.807) is 0 Å². The zero-order chi connectivity index (χ0) is 10.9. The number of rotatable bonds is 6. The summed E-state index contributed by atoms with van der Waals surface area (Å²) < 4.78 is 4.87. The number of amides is 1. The van der Waals surface area contributed by atoms with Crippen molar-refractivity contribution in [1.82, 2.24) is 5.32 Å². The molecule has 0 aromatic heterocycles. The second-order valence-corrected chi connectivity index (χ2v) is 3.14. The van der Waals surface area contributed by atoms with Gasteiger partial charge in [0.1, 0.15) is 6.61 Å². The highest BCUT2D eigenvalue weighted by Gasteiger charge is 1.99. The Balaban J connectivity index is 2.14. The average Bonchev–Trinajstić information content (AvgIpc) is 2.28. The summed E-state index contributed by atoms with van der Waals surface area (Å²) in [5, 5.41) is 2.77. The van der Waals surface area contributed by atoms with Gasteiger partial charge in [-0.25, -0.2) is 0 Å². The summed E-state index contributed by atoms with van der Waals surface area (Å²) in [5.41, 5.74) is 1.22. The van der Waals surface area contributed by atoms with Crippen LogP contribution in [0, 0.1) is 6.92 Å². The second-order valence-electron chi connectivity index (χ2n) is 3.14. The third kappa shape index (κ3) is 5.18. The van der Waals surface area contributed by atoms with E-state index in [-0.39, 0.29) is 12.5 Å². The van der Waals surface area contributed by atoms with Crippen molar-refractivity contribution >= 4 is 5.91 Å². The van der Waals surface area contributed by atoms with Crippen molar-refractivity contribution in [2.75, 3.05) is 19.8 Å². The molecule has 0 atom stereocenters. The molecule has 1 aromatic rings. The van der Waals surface area contributed by atoms with Gasteiger partial charge in [0, 0.05) is 13.2 Å². The van der Waals surface area contributed by atoms with Crippen LogP contribution >= 0.6 is 0 Å². The van der Waals surface area contributed by atoms with E-state index in [9.17, 15) is 4.79 Å². The molecule has 1 radical (unpaired) electrons. The van der Waals surface area contributed by atoms with Crippen LogP contribution in [-0.2, 0) is 16.0 Å². The highest BCUT2D eigenvalue weighted by atomic mass is 16.5. The van der Waals surface area contributed by atoms with Crippen LogP contribution in [0.1, 0.15) is 5.56 Å². The summed E-state index contributed by atoms with van der Waals surface area (Å²) >= 11 is 0. The van der Waals surface area contributed by atoms with Crippen molar-refractivity contribution in [2.45, 2.75) is 6.42 Å². The van der Waals surface area contributed by atoms with Crippen LogP contribution in [0.5, 0.6) is 0 Å². The van der Waals surface area contributed by atoms with Gasteiger partial charge in [-0.2, -0.15) is 0 Å². The molecule has 3 heteroatoms. The van der Waals surface area contributed by atoms with E-state index in [2.05, 4.69) is 12.2 Å². The zero-order valence-electron chi connectivity index (χ0n) is 8.74. The number of carbonyl (C=O) groups excluding carboxylic acids is 1. The Hall–Kier alpha value is -1.35. The number of hydrogen-bond donors (Lipinski definition) is 1. The first-order valence-electron chi connectivity index (χ1n) is 5.00. The Bertz CT molecular complexity index is 285. The predicted octanol–water partition coefficient (Wildman–Crippen LogP) is 1.20. The lowest BCUT2D eigenvalue weighted by Gasteiger charge is -2.04. The maximum absolute atomic E-state index is 11.1. The fourth-order valence-electron chi connectivity index (χ4n) is 1.21. The lowest BCUT2D eigenvalue weighted by molar-refractivity contribution is -0.125. The molecule has 0 bridgehead atoms. The van der Waals surface area contributed by atoms with Gasteiger partial charge in [-0.3, -0.25) is 4.79 Å². The molecule has 0 fully saturated rings. The Morgan fingerprint density at radius 2 is 2.07 bits per heavy atom. The Kier molecular flexibility index (Phi) is 5.48. The Labute approximate surface area is 90.4 Å². The van der Waals surface area contributed by atoms with Gasteiger partial charge in [0.15, 0.2) is 0 Å². The highest BCUT2D eigenvalue weighted by molar-refractivity contribution is 5.77. The third-order valence-corrected chi connectivity index (χ3v) is 1.96.